The largest absolute Gasteiger partial charge is 0.475 e. The van der Waals surface area contributed by atoms with Crippen LogP contribution in [0.3, 0.4) is 0 Å². The predicted molar refractivity (Wildman–Crippen MR) is 133 cm³/mol. The third kappa shape index (κ3) is 6.34. The van der Waals surface area contributed by atoms with Gasteiger partial charge < -0.3 is 14.4 Å². The quantitative estimate of drug-likeness (QED) is 0.484. The van der Waals surface area contributed by atoms with Crippen molar-refractivity contribution in [3.8, 4) is 17.5 Å². The van der Waals surface area contributed by atoms with Crippen molar-refractivity contribution in [2.24, 2.45) is 0 Å². The lowest BCUT2D eigenvalue weighted by Crippen LogP contribution is -2.46. The van der Waals surface area contributed by atoms with E-state index in [0.717, 1.165) is 0 Å². The highest BCUT2D eigenvalue weighted by molar-refractivity contribution is 7.89. The van der Waals surface area contributed by atoms with Gasteiger partial charge >= 0.3 is 0 Å². The molecular formula is C23H27N5O5S2. The Bertz CT molecular complexity index is 1260. The summed E-state index contributed by atoms with van der Waals surface area (Å²) in [5, 5.41) is 4.95. The Hall–Kier alpha value is -3.06. The van der Waals surface area contributed by atoms with Crippen LogP contribution >= 0.6 is 11.3 Å². The summed E-state index contributed by atoms with van der Waals surface area (Å²) in [5.74, 6) is 0.371. The summed E-state index contributed by atoms with van der Waals surface area (Å²) in [4.78, 5) is 23.4. The lowest BCUT2D eigenvalue weighted by Gasteiger charge is -2.31. The van der Waals surface area contributed by atoms with Crippen LogP contribution in [0.2, 0.25) is 0 Å². The van der Waals surface area contributed by atoms with Crippen LogP contribution in [-0.2, 0) is 10.0 Å². The smallest absolute Gasteiger partial charge is 0.257 e. The Morgan fingerprint density at radius 3 is 2.40 bits per heavy atom. The molecule has 1 fully saturated rings. The summed E-state index contributed by atoms with van der Waals surface area (Å²) in [6.07, 6.45) is 1.44. The van der Waals surface area contributed by atoms with Gasteiger partial charge in [0, 0.05) is 49.9 Å². The second-order valence-electron chi connectivity index (χ2n) is 8.27. The zero-order chi connectivity index (χ0) is 25.0. The number of sulfonamides is 1. The number of hydrogen-bond donors (Lipinski definition) is 1. The lowest BCUT2D eigenvalue weighted by atomic mass is 10.2. The van der Waals surface area contributed by atoms with Crippen LogP contribution < -0.4 is 14.8 Å². The van der Waals surface area contributed by atoms with Crippen LogP contribution in [0.1, 0.15) is 24.2 Å². The zero-order valence-corrected chi connectivity index (χ0v) is 21.3. The van der Waals surface area contributed by atoms with E-state index in [1.165, 1.54) is 39.9 Å². The number of anilines is 1. The summed E-state index contributed by atoms with van der Waals surface area (Å²) in [6, 6.07) is 9.17. The number of rotatable bonds is 8. The molecule has 1 saturated heterocycles. The average Bonchev–Trinajstić information content (AvgIpc) is 3.32. The number of likely N-dealkylation sites (N-methyl/N-ethyl adjacent to an activating group) is 1. The molecule has 10 nitrogen and oxygen atoms in total. The number of amides is 1. The second-order valence-corrected chi connectivity index (χ2v) is 11.1. The van der Waals surface area contributed by atoms with Crippen molar-refractivity contribution >= 4 is 32.4 Å². The first-order valence-corrected chi connectivity index (χ1v) is 13.4. The van der Waals surface area contributed by atoms with Crippen molar-refractivity contribution in [2.75, 3.05) is 38.5 Å². The van der Waals surface area contributed by atoms with Crippen LogP contribution in [0, 0.1) is 0 Å². The highest BCUT2D eigenvalue weighted by Crippen LogP contribution is 2.27. The van der Waals surface area contributed by atoms with Gasteiger partial charge in [-0.25, -0.2) is 13.4 Å². The van der Waals surface area contributed by atoms with Gasteiger partial charge in [-0.15, -0.1) is 11.3 Å². The van der Waals surface area contributed by atoms with E-state index >= 15 is 0 Å². The fourth-order valence-corrected chi connectivity index (χ4v) is 5.34. The van der Waals surface area contributed by atoms with Gasteiger partial charge in [0.2, 0.25) is 21.8 Å². The molecule has 1 amide bonds. The summed E-state index contributed by atoms with van der Waals surface area (Å²) in [7, 11) is -1.61. The summed E-state index contributed by atoms with van der Waals surface area (Å²) in [5.41, 5.74) is 0.287. The molecule has 3 aromatic rings. The molecule has 0 unspecified atom stereocenters. The molecule has 0 radical (unpaired) electrons. The number of ether oxygens (including phenoxy) is 2. The number of nitrogens with zero attached hydrogens (tertiary/aromatic N) is 4. The Kier molecular flexibility index (Phi) is 7.65. The number of hydrogen-bond acceptors (Lipinski definition) is 9. The fraction of sp³-hybridized carbons (Fsp3) is 0.348. The second kappa shape index (κ2) is 10.7. The first kappa shape index (κ1) is 25.0. The maximum absolute atomic E-state index is 12.9. The van der Waals surface area contributed by atoms with Crippen molar-refractivity contribution < 1.29 is 22.7 Å². The summed E-state index contributed by atoms with van der Waals surface area (Å²) in [6.45, 7) is 6.00. The number of pyridine rings is 1. The Morgan fingerprint density at radius 2 is 1.77 bits per heavy atom. The standard InChI is InChI=1S/C23H27N5O5S2/c1-16(2)32-20-14-17(22(29)26-23-24-8-13-34-23)15-21(25-20)33-18-4-6-19(7-5-18)35(30,31)28-11-9-27(3)10-12-28/h4-8,13-16H,9-12H2,1-3H3,(H,24,26,29). The van der Waals surface area contributed by atoms with Crippen LogP contribution in [0.15, 0.2) is 52.9 Å². The van der Waals surface area contributed by atoms with Crippen LogP contribution in [0.25, 0.3) is 0 Å². The number of piperazine rings is 1. The molecule has 1 N–H and O–H groups in total. The SMILES string of the molecule is CC(C)Oc1cc(C(=O)Nc2nccs2)cc(Oc2ccc(S(=O)(=O)N3CCN(C)CC3)cc2)n1. The minimum absolute atomic E-state index is 0.141. The Balaban J connectivity index is 1.53. The van der Waals surface area contributed by atoms with Gasteiger partial charge in [0.05, 0.1) is 16.6 Å². The van der Waals surface area contributed by atoms with E-state index in [9.17, 15) is 13.2 Å². The monoisotopic (exact) mass is 517 g/mol. The van der Waals surface area contributed by atoms with Crippen LogP contribution in [-0.4, -0.2) is 72.8 Å². The van der Waals surface area contributed by atoms with Gasteiger partial charge in [0.1, 0.15) is 5.75 Å². The number of carbonyl (C=O) groups excluding carboxylic acids is 1. The number of nitrogens with one attached hydrogen (secondary N) is 1. The molecule has 0 spiro atoms. The number of aromatic nitrogens is 2. The molecule has 0 saturated carbocycles. The fourth-order valence-electron chi connectivity index (χ4n) is 3.40. The molecule has 186 valence electrons. The van der Waals surface area contributed by atoms with E-state index in [1.807, 2.05) is 20.9 Å². The van der Waals surface area contributed by atoms with Gasteiger partial charge in [-0.05, 0) is 45.2 Å². The Labute approximate surface area is 208 Å². The molecule has 3 heterocycles. The van der Waals surface area contributed by atoms with Gasteiger partial charge in [-0.2, -0.15) is 9.29 Å². The van der Waals surface area contributed by atoms with Gasteiger partial charge in [-0.3, -0.25) is 10.1 Å². The third-order valence-corrected chi connectivity index (χ3v) is 7.80. The van der Waals surface area contributed by atoms with Gasteiger partial charge in [0.15, 0.2) is 5.13 Å². The first-order valence-electron chi connectivity index (χ1n) is 11.1. The van der Waals surface area contributed by atoms with Crippen LogP contribution in [0.4, 0.5) is 5.13 Å². The minimum Gasteiger partial charge on any atom is -0.475 e. The van der Waals surface area contributed by atoms with Crippen molar-refractivity contribution in [1.29, 1.82) is 0 Å². The van der Waals surface area contributed by atoms with Crippen molar-refractivity contribution in [2.45, 2.75) is 24.8 Å². The number of benzene rings is 1. The molecule has 35 heavy (non-hydrogen) atoms. The molecular weight excluding hydrogens is 490 g/mol. The topological polar surface area (TPSA) is 114 Å². The molecule has 1 aliphatic rings. The molecule has 0 bridgehead atoms. The molecule has 1 aromatic carbocycles. The molecule has 12 heteroatoms. The third-order valence-electron chi connectivity index (χ3n) is 5.20. The van der Waals surface area contributed by atoms with E-state index in [2.05, 4.69) is 20.2 Å². The Morgan fingerprint density at radius 1 is 1.09 bits per heavy atom. The predicted octanol–water partition coefficient (Wildman–Crippen LogP) is 3.31. The van der Waals surface area contributed by atoms with E-state index < -0.39 is 10.0 Å². The molecule has 1 aliphatic heterocycles. The maximum atomic E-state index is 12.9. The van der Waals surface area contributed by atoms with E-state index in [0.29, 0.717) is 37.1 Å². The number of carbonyl (C=O) groups is 1. The van der Waals surface area contributed by atoms with E-state index in [1.54, 1.807) is 23.7 Å². The molecule has 0 atom stereocenters. The highest BCUT2D eigenvalue weighted by atomic mass is 32.2. The van der Waals surface area contributed by atoms with E-state index in [4.69, 9.17) is 9.47 Å². The average molecular weight is 518 g/mol. The molecule has 2 aromatic heterocycles. The van der Waals surface area contributed by atoms with Crippen molar-refractivity contribution in [1.82, 2.24) is 19.2 Å². The molecule has 4 rings (SSSR count). The maximum Gasteiger partial charge on any atom is 0.257 e. The zero-order valence-electron chi connectivity index (χ0n) is 19.7. The normalized spacial score (nSPS) is 15.2. The van der Waals surface area contributed by atoms with Crippen molar-refractivity contribution in [3.63, 3.8) is 0 Å². The minimum atomic E-state index is -3.58. The van der Waals surface area contributed by atoms with Gasteiger partial charge in [-0.1, -0.05) is 0 Å². The van der Waals surface area contributed by atoms with Crippen LogP contribution in [0.5, 0.6) is 17.5 Å². The molecule has 0 aliphatic carbocycles. The highest BCUT2D eigenvalue weighted by Gasteiger charge is 2.27. The summed E-state index contributed by atoms with van der Waals surface area (Å²) < 4.78 is 38.9. The lowest BCUT2D eigenvalue weighted by molar-refractivity contribution is 0.102. The number of thiazole rings is 1. The first-order chi connectivity index (χ1) is 16.7. The van der Waals surface area contributed by atoms with Gasteiger partial charge in [0.25, 0.3) is 5.91 Å². The summed E-state index contributed by atoms with van der Waals surface area (Å²) >= 11 is 1.31. The van der Waals surface area contributed by atoms with Crippen molar-refractivity contribution in [3.05, 3.63) is 53.5 Å². The van der Waals surface area contributed by atoms with E-state index in [-0.39, 0.29) is 34.2 Å².